The number of benzene rings is 1. The number of aromatic nitrogens is 4. The van der Waals surface area contributed by atoms with Crippen molar-refractivity contribution < 1.29 is 9.18 Å². The fourth-order valence-corrected chi connectivity index (χ4v) is 3.31. The van der Waals surface area contributed by atoms with Gasteiger partial charge in [-0.25, -0.2) is 14.2 Å². The van der Waals surface area contributed by atoms with Gasteiger partial charge in [0.25, 0.3) is 5.56 Å². The highest BCUT2D eigenvalue weighted by Gasteiger charge is 2.17. The van der Waals surface area contributed by atoms with Crippen molar-refractivity contribution in [3.63, 3.8) is 0 Å². The van der Waals surface area contributed by atoms with E-state index in [1.54, 1.807) is 36.7 Å². The number of fused-ring (bicyclic) bond motifs is 1. The number of hydrogen-bond donors (Lipinski definition) is 1. The summed E-state index contributed by atoms with van der Waals surface area (Å²) in [6.07, 6.45) is 4.57. The first-order valence-corrected chi connectivity index (χ1v) is 9.54. The van der Waals surface area contributed by atoms with E-state index in [4.69, 9.17) is 11.6 Å². The van der Waals surface area contributed by atoms with Gasteiger partial charge in [-0.15, -0.1) is 0 Å². The van der Waals surface area contributed by atoms with Gasteiger partial charge in [-0.2, -0.15) is 0 Å². The number of amides is 1. The predicted octanol–water partition coefficient (Wildman–Crippen LogP) is 2.43. The van der Waals surface area contributed by atoms with Gasteiger partial charge in [0.2, 0.25) is 5.91 Å². The lowest BCUT2D eigenvalue weighted by molar-refractivity contribution is -0.116. The van der Waals surface area contributed by atoms with Crippen LogP contribution in [0.25, 0.3) is 11.0 Å². The molecule has 4 aromatic rings. The Hall–Kier alpha value is -3.85. The Morgan fingerprint density at radius 2 is 1.90 bits per heavy atom. The average molecular weight is 440 g/mol. The second kappa shape index (κ2) is 8.49. The number of carbonyl (C=O) groups excluding carboxylic acids is 1. The summed E-state index contributed by atoms with van der Waals surface area (Å²) in [6.45, 7) is -0.406. The van der Waals surface area contributed by atoms with Gasteiger partial charge in [0.05, 0.1) is 17.1 Å². The van der Waals surface area contributed by atoms with Crippen molar-refractivity contribution in [2.45, 2.75) is 13.1 Å². The molecule has 0 aliphatic carbocycles. The molecule has 156 valence electrons. The number of carbonyl (C=O) groups is 1. The standard InChI is InChI=1S/C21H15ClFN5O3/c22-15-9-14(5-6-16(15)23)26-18(29)12-27-17-4-2-8-25-19(17)20(30)28(21(27)31)11-13-3-1-7-24-10-13/h1-10H,11-12H2,(H,26,29). The number of hydrogen-bond acceptors (Lipinski definition) is 5. The minimum absolute atomic E-state index is 0.0206. The molecule has 3 heterocycles. The lowest BCUT2D eigenvalue weighted by Gasteiger charge is -2.14. The van der Waals surface area contributed by atoms with Gasteiger partial charge in [-0.3, -0.25) is 23.7 Å². The van der Waals surface area contributed by atoms with Crippen LogP contribution in [0.3, 0.4) is 0 Å². The second-order valence-electron chi connectivity index (χ2n) is 6.67. The molecule has 0 aliphatic rings. The average Bonchev–Trinajstić information content (AvgIpc) is 2.77. The topological polar surface area (TPSA) is 98.9 Å². The Kier molecular flexibility index (Phi) is 5.59. The van der Waals surface area contributed by atoms with Crippen LogP contribution in [-0.2, 0) is 17.9 Å². The molecule has 0 atom stereocenters. The summed E-state index contributed by atoms with van der Waals surface area (Å²) in [5.41, 5.74) is -0.0200. The van der Waals surface area contributed by atoms with Crippen molar-refractivity contribution in [2.24, 2.45) is 0 Å². The van der Waals surface area contributed by atoms with Gasteiger partial charge >= 0.3 is 5.69 Å². The Morgan fingerprint density at radius 1 is 1.10 bits per heavy atom. The van der Waals surface area contributed by atoms with Crippen molar-refractivity contribution >= 4 is 34.2 Å². The molecule has 3 aromatic heterocycles. The number of nitrogens with one attached hydrogen (secondary N) is 1. The summed E-state index contributed by atoms with van der Waals surface area (Å²) in [6, 6.07) is 10.3. The fraction of sp³-hybridized carbons (Fsp3) is 0.0952. The van der Waals surface area contributed by atoms with Crippen LogP contribution >= 0.6 is 11.6 Å². The van der Waals surface area contributed by atoms with Crippen LogP contribution in [0.15, 0.2) is 70.6 Å². The SMILES string of the molecule is O=C(Cn1c(=O)n(Cc2cccnc2)c(=O)c2ncccc21)Nc1ccc(F)c(Cl)c1. The summed E-state index contributed by atoms with van der Waals surface area (Å²) >= 11 is 5.74. The highest BCUT2D eigenvalue weighted by molar-refractivity contribution is 6.31. The van der Waals surface area contributed by atoms with Crippen molar-refractivity contribution in [3.8, 4) is 0 Å². The molecule has 0 saturated heterocycles. The third-order valence-corrected chi connectivity index (χ3v) is 4.84. The highest BCUT2D eigenvalue weighted by Crippen LogP contribution is 2.19. The zero-order chi connectivity index (χ0) is 22.0. The van der Waals surface area contributed by atoms with Crippen molar-refractivity contribution in [1.29, 1.82) is 0 Å². The summed E-state index contributed by atoms with van der Waals surface area (Å²) < 4.78 is 15.5. The van der Waals surface area contributed by atoms with E-state index in [2.05, 4.69) is 15.3 Å². The van der Waals surface area contributed by atoms with E-state index >= 15 is 0 Å². The maximum absolute atomic E-state index is 13.3. The van der Waals surface area contributed by atoms with Crippen LogP contribution in [0.1, 0.15) is 5.56 Å². The first kappa shape index (κ1) is 20.4. The minimum Gasteiger partial charge on any atom is -0.324 e. The van der Waals surface area contributed by atoms with Crippen molar-refractivity contribution in [3.05, 3.63) is 98.3 Å². The number of anilines is 1. The second-order valence-corrected chi connectivity index (χ2v) is 7.08. The molecule has 0 bridgehead atoms. The van der Waals surface area contributed by atoms with Crippen LogP contribution in [-0.4, -0.2) is 25.0 Å². The molecule has 1 aromatic carbocycles. The zero-order valence-corrected chi connectivity index (χ0v) is 16.7. The van der Waals surface area contributed by atoms with E-state index in [1.165, 1.54) is 22.9 Å². The lowest BCUT2D eigenvalue weighted by Crippen LogP contribution is -2.42. The van der Waals surface area contributed by atoms with Gasteiger partial charge in [-0.1, -0.05) is 17.7 Å². The Bertz CT molecular complexity index is 1400. The van der Waals surface area contributed by atoms with Gasteiger partial charge in [0.1, 0.15) is 12.4 Å². The van der Waals surface area contributed by atoms with Gasteiger partial charge in [0, 0.05) is 24.3 Å². The lowest BCUT2D eigenvalue weighted by atomic mass is 10.2. The van der Waals surface area contributed by atoms with Crippen LogP contribution in [0.2, 0.25) is 5.02 Å². The molecule has 0 aliphatic heterocycles. The molecule has 1 amide bonds. The van der Waals surface area contributed by atoms with E-state index in [9.17, 15) is 18.8 Å². The van der Waals surface area contributed by atoms with Crippen molar-refractivity contribution in [1.82, 2.24) is 19.1 Å². The van der Waals surface area contributed by atoms with E-state index in [-0.39, 0.29) is 34.8 Å². The highest BCUT2D eigenvalue weighted by atomic mass is 35.5. The Balaban J connectivity index is 1.74. The molecule has 0 radical (unpaired) electrons. The summed E-state index contributed by atoms with van der Waals surface area (Å²) in [7, 11) is 0. The number of nitrogens with zero attached hydrogens (tertiary/aromatic N) is 4. The van der Waals surface area contributed by atoms with Gasteiger partial charge < -0.3 is 5.32 Å². The van der Waals surface area contributed by atoms with E-state index in [0.717, 1.165) is 10.6 Å². The third kappa shape index (κ3) is 4.22. The molecular formula is C21H15ClFN5O3. The fourth-order valence-electron chi connectivity index (χ4n) is 3.13. The monoisotopic (exact) mass is 439 g/mol. The minimum atomic E-state index is -0.665. The number of pyridine rings is 2. The molecule has 0 saturated carbocycles. The van der Waals surface area contributed by atoms with Crippen molar-refractivity contribution in [2.75, 3.05) is 5.32 Å². The molecule has 0 spiro atoms. The molecule has 4 rings (SSSR count). The largest absolute Gasteiger partial charge is 0.332 e. The molecule has 1 N–H and O–H groups in total. The van der Waals surface area contributed by atoms with Crippen LogP contribution in [0, 0.1) is 5.82 Å². The summed E-state index contributed by atoms with van der Waals surface area (Å²) in [5, 5.41) is 2.42. The quantitative estimate of drug-likeness (QED) is 0.515. The molecule has 0 fully saturated rings. The number of rotatable bonds is 5. The Morgan fingerprint density at radius 3 is 2.65 bits per heavy atom. The van der Waals surface area contributed by atoms with E-state index in [1.807, 2.05) is 0 Å². The molecule has 10 heteroatoms. The predicted molar refractivity (Wildman–Crippen MR) is 114 cm³/mol. The first-order valence-electron chi connectivity index (χ1n) is 9.16. The third-order valence-electron chi connectivity index (χ3n) is 4.56. The molecule has 31 heavy (non-hydrogen) atoms. The van der Waals surface area contributed by atoms with E-state index < -0.39 is 23.0 Å². The Labute approximate surface area is 179 Å². The van der Waals surface area contributed by atoms with Crippen LogP contribution in [0.4, 0.5) is 10.1 Å². The number of halogens is 2. The normalized spacial score (nSPS) is 10.9. The van der Waals surface area contributed by atoms with Gasteiger partial charge in [-0.05, 0) is 42.0 Å². The molecule has 8 nitrogen and oxygen atoms in total. The van der Waals surface area contributed by atoms with E-state index in [0.29, 0.717) is 5.56 Å². The summed E-state index contributed by atoms with van der Waals surface area (Å²) in [5.74, 6) is -1.17. The van der Waals surface area contributed by atoms with Gasteiger partial charge in [0.15, 0.2) is 5.52 Å². The molecule has 0 unspecified atom stereocenters. The summed E-state index contributed by atoms with van der Waals surface area (Å²) in [4.78, 5) is 46.7. The zero-order valence-electron chi connectivity index (χ0n) is 16.0. The molecular weight excluding hydrogens is 425 g/mol. The maximum Gasteiger partial charge on any atom is 0.332 e. The van der Waals surface area contributed by atoms with Crippen LogP contribution in [0.5, 0.6) is 0 Å². The maximum atomic E-state index is 13.3. The smallest absolute Gasteiger partial charge is 0.324 e. The first-order chi connectivity index (χ1) is 14.9. The van der Waals surface area contributed by atoms with Crippen LogP contribution < -0.4 is 16.6 Å².